The molecular weight excluding hydrogens is 339 g/mol. The molecule has 0 radical (unpaired) electrons. The van der Waals surface area contributed by atoms with Crippen molar-refractivity contribution >= 4 is 11.6 Å². The average molecular weight is 358 g/mol. The summed E-state index contributed by atoms with van der Waals surface area (Å²) in [6, 6.07) is 12.1. The molecule has 0 aliphatic carbocycles. The SMILES string of the molecule is CC(Cc1ccccc1Cl)NC[C@H](O)c1ccc(C(F)(F)F)cc1. The number of halogens is 4. The Bertz CT molecular complexity index is 658. The highest BCUT2D eigenvalue weighted by molar-refractivity contribution is 6.31. The molecule has 24 heavy (non-hydrogen) atoms. The molecule has 0 fully saturated rings. The highest BCUT2D eigenvalue weighted by Gasteiger charge is 2.30. The van der Waals surface area contributed by atoms with Gasteiger partial charge in [0, 0.05) is 17.6 Å². The van der Waals surface area contributed by atoms with Gasteiger partial charge >= 0.3 is 6.18 Å². The maximum Gasteiger partial charge on any atom is 0.416 e. The second kappa shape index (κ2) is 8.01. The molecule has 0 saturated carbocycles. The van der Waals surface area contributed by atoms with Crippen LogP contribution in [0.4, 0.5) is 13.2 Å². The summed E-state index contributed by atoms with van der Waals surface area (Å²) in [5, 5.41) is 14.0. The van der Waals surface area contributed by atoms with Crippen molar-refractivity contribution in [2.75, 3.05) is 6.54 Å². The number of hydrogen-bond donors (Lipinski definition) is 2. The van der Waals surface area contributed by atoms with E-state index in [9.17, 15) is 18.3 Å². The molecule has 2 rings (SSSR count). The van der Waals surface area contributed by atoms with E-state index >= 15 is 0 Å². The first-order chi connectivity index (χ1) is 11.3. The van der Waals surface area contributed by atoms with Crippen LogP contribution < -0.4 is 5.32 Å². The molecule has 0 aliphatic rings. The summed E-state index contributed by atoms with van der Waals surface area (Å²) in [7, 11) is 0. The van der Waals surface area contributed by atoms with E-state index in [-0.39, 0.29) is 12.6 Å². The molecule has 2 nitrogen and oxygen atoms in total. The first-order valence-electron chi connectivity index (χ1n) is 7.59. The number of hydrogen-bond acceptors (Lipinski definition) is 2. The van der Waals surface area contributed by atoms with Crippen molar-refractivity contribution in [2.24, 2.45) is 0 Å². The molecule has 2 atom stereocenters. The minimum absolute atomic E-state index is 0.0639. The molecule has 0 bridgehead atoms. The Morgan fingerprint density at radius 1 is 1.08 bits per heavy atom. The van der Waals surface area contributed by atoms with Crippen molar-refractivity contribution in [1.29, 1.82) is 0 Å². The molecular formula is C18H19ClF3NO. The van der Waals surface area contributed by atoms with Gasteiger partial charge in [-0.15, -0.1) is 0 Å². The monoisotopic (exact) mass is 357 g/mol. The first kappa shape index (κ1) is 18.8. The minimum atomic E-state index is -4.37. The van der Waals surface area contributed by atoms with E-state index in [1.54, 1.807) is 0 Å². The van der Waals surface area contributed by atoms with Gasteiger partial charge < -0.3 is 10.4 Å². The fourth-order valence-corrected chi connectivity index (χ4v) is 2.60. The number of rotatable bonds is 6. The van der Waals surface area contributed by atoms with Gasteiger partial charge in [0.1, 0.15) is 0 Å². The highest BCUT2D eigenvalue weighted by Crippen LogP contribution is 2.29. The van der Waals surface area contributed by atoms with Gasteiger partial charge in [0.25, 0.3) is 0 Å². The summed E-state index contributed by atoms with van der Waals surface area (Å²) in [6.45, 7) is 2.21. The van der Waals surface area contributed by atoms with E-state index in [1.165, 1.54) is 12.1 Å². The molecule has 2 aromatic rings. The molecule has 0 amide bonds. The largest absolute Gasteiger partial charge is 0.416 e. The Kier molecular flexibility index (Phi) is 6.27. The van der Waals surface area contributed by atoms with Gasteiger partial charge in [0.15, 0.2) is 0 Å². The predicted octanol–water partition coefficient (Wildman–Crippen LogP) is 4.61. The summed E-state index contributed by atoms with van der Waals surface area (Å²) in [4.78, 5) is 0. The Labute approximate surface area is 144 Å². The van der Waals surface area contributed by atoms with Crippen molar-refractivity contribution in [3.8, 4) is 0 Å². The van der Waals surface area contributed by atoms with E-state index in [1.807, 2.05) is 31.2 Å². The Morgan fingerprint density at radius 3 is 2.29 bits per heavy atom. The van der Waals surface area contributed by atoms with Crippen LogP contribution in [-0.2, 0) is 12.6 Å². The van der Waals surface area contributed by atoms with Gasteiger partial charge in [-0.3, -0.25) is 0 Å². The number of alkyl halides is 3. The molecule has 0 spiro atoms. The van der Waals surface area contributed by atoms with Crippen molar-refractivity contribution in [1.82, 2.24) is 5.32 Å². The third-order valence-corrected chi connectivity index (χ3v) is 4.14. The van der Waals surface area contributed by atoms with E-state index in [0.717, 1.165) is 17.7 Å². The third-order valence-electron chi connectivity index (χ3n) is 3.77. The maximum atomic E-state index is 12.5. The Hall–Kier alpha value is -1.56. The molecule has 0 aliphatic heterocycles. The fraction of sp³-hybridized carbons (Fsp3) is 0.333. The van der Waals surface area contributed by atoms with Crippen molar-refractivity contribution in [2.45, 2.75) is 31.7 Å². The van der Waals surface area contributed by atoms with Crippen molar-refractivity contribution in [3.63, 3.8) is 0 Å². The van der Waals surface area contributed by atoms with E-state index in [2.05, 4.69) is 5.32 Å². The minimum Gasteiger partial charge on any atom is -0.387 e. The lowest BCUT2D eigenvalue weighted by Crippen LogP contribution is -2.32. The van der Waals surface area contributed by atoms with Crippen LogP contribution >= 0.6 is 11.6 Å². The summed E-state index contributed by atoms with van der Waals surface area (Å²) in [6.07, 6.45) is -4.55. The molecule has 0 heterocycles. The number of nitrogens with one attached hydrogen (secondary N) is 1. The second-order valence-electron chi connectivity index (χ2n) is 5.74. The fourth-order valence-electron chi connectivity index (χ4n) is 2.39. The van der Waals surface area contributed by atoms with Crippen LogP contribution in [0, 0.1) is 0 Å². The Balaban J connectivity index is 1.88. The molecule has 130 valence electrons. The quantitative estimate of drug-likeness (QED) is 0.791. The standard InChI is InChI=1S/C18H19ClF3NO/c1-12(10-14-4-2-3-5-16(14)19)23-11-17(24)13-6-8-15(9-7-13)18(20,21)22/h2-9,12,17,23-24H,10-11H2,1H3/t12?,17-/m0/s1. The van der Waals surface area contributed by atoms with Crippen LogP contribution in [0.3, 0.4) is 0 Å². The van der Waals surface area contributed by atoms with Crippen LogP contribution in [0.2, 0.25) is 5.02 Å². The normalized spacial score (nSPS) is 14.4. The van der Waals surface area contributed by atoms with Gasteiger partial charge in [-0.1, -0.05) is 41.9 Å². The summed E-state index contributed by atoms with van der Waals surface area (Å²) >= 11 is 6.11. The molecule has 2 N–H and O–H groups in total. The van der Waals surface area contributed by atoms with Gasteiger partial charge in [-0.05, 0) is 42.7 Å². The average Bonchev–Trinajstić information content (AvgIpc) is 2.54. The molecule has 2 aromatic carbocycles. The van der Waals surface area contributed by atoms with Crippen molar-refractivity contribution < 1.29 is 18.3 Å². The lowest BCUT2D eigenvalue weighted by Gasteiger charge is -2.18. The first-order valence-corrected chi connectivity index (χ1v) is 7.97. The lowest BCUT2D eigenvalue weighted by atomic mass is 10.0. The van der Waals surface area contributed by atoms with Crippen LogP contribution in [0.5, 0.6) is 0 Å². The molecule has 0 aromatic heterocycles. The third kappa shape index (κ3) is 5.23. The van der Waals surface area contributed by atoms with Crippen LogP contribution in [0.1, 0.15) is 29.7 Å². The zero-order chi connectivity index (χ0) is 17.7. The topological polar surface area (TPSA) is 32.3 Å². The number of aliphatic hydroxyl groups excluding tert-OH is 1. The highest BCUT2D eigenvalue weighted by atomic mass is 35.5. The van der Waals surface area contributed by atoms with Crippen LogP contribution in [-0.4, -0.2) is 17.7 Å². The van der Waals surface area contributed by atoms with E-state index in [0.29, 0.717) is 17.0 Å². The van der Waals surface area contributed by atoms with Crippen LogP contribution in [0.15, 0.2) is 48.5 Å². The number of aliphatic hydroxyl groups is 1. The molecule has 0 saturated heterocycles. The summed E-state index contributed by atoms with van der Waals surface area (Å²) < 4.78 is 37.6. The molecule has 1 unspecified atom stereocenters. The van der Waals surface area contributed by atoms with Crippen molar-refractivity contribution in [3.05, 3.63) is 70.2 Å². The van der Waals surface area contributed by atoms with Gasteiger partial charge in [0.2, 0.25) is 0 Å². The van der Waals surface area contributed by atoms with E-state index in [4.69, 9.17) is 11.6 Å². The zero-order valence-corrected chi connectivity index (χ0v) is 13.9. The molecule has 6 heteroatoms. The maximum absolute atomic E-state index is 12.5. The lowest BCUT2D eigenvalue weighted by molar-refractivity contribution is -0.137. The van der Waals surface area contributed by atoms with Crippen LogP contribution in [0.25, 0.3) is 0 Å². The van der Waals surface area contributed by atoms with Gasteiger partial charge in [0.05, 0.1) is 11.7 Å². The second-order valence-corrected chi connectivity index (χ2v) is 6.15. The summed E-state index contributed by atoms with van der Waals surface area (Å²) in [5.74, 6) is 0. The summed E-state index contributed by atoms with van der Waals surface area (Å²) in [5.41, 5.74) is 0.724. The van der Waals surface area contributed by atoms with Gasteiger partial charge in [-0.25, -0.2) is 0 Å². The van der Waals surface area contributed by atoms with Gasteiger partial charge in [-0.2, -0.15) is 13.2 Å². The number of benzene rings is 2. The predicted molar refractivity (Wildman–Crippen MR) is 89.0 cm³/mol. The zero-order valence-electron chi connectivity index (χ0n) is 13.1. The Morgan fingerprint density at radius 2 is 1.71 bits per heavy atom. The smallest absolute Gasteiger partial charge is 0.387 e. The van der Waals surface area contributed by atoms with E-state index < -0.39 is 17.8 Å².